The van der Waals surface area contributed by atoms with Gasteiger partial charge < -0.3 is 15.8 Å². The lowest BCUT2D eigenvalue weighted by Crippen LogP contribution is -2.33. The van der Waals surface area contributed by atoms with Crippen LogP contribution in [0.4, 0.5) is 0 Å². The summed E-state index contributed by atoms with van der Waals surface area (Å²) in [5.74, 6) is 0.544. The van der Waals surface area contributed by atoms with E-state index < -0.39 is 0 Å². The smallest absolute Gasteiger partial charge is 0.188 e. The fraction of sp³-hybridized carbons (Fsp3) is 0.909. The predicted molar refractivity (Wildman–Crippen MR) is 80.5 cm³/mol. The zero-order chi connectivity index (χ0) is 11.7. The minimum absolute atomic E-state index is 0. The average Bonchev–Trinajstić information content (AvgIpc) is 2.21. The van der Waals surface area contributed by atoms with Crippen molar-refractivity contribution in [3.05, 3.63) is 0 Å². The Morgan fingerprint density at radius 3 is 2.56 bits per heavy atom. The molecule has 0 aliphatic heterocycles. The number of methoxy groups -OCH3 is 1. The second-order valence-corrected chi connectivity index (χ2v) is 4.54. The van der Waals surface area contributed by atoms with Crippen molar-refractivity contribution in [1.82, 2.24) is 5.32 Å². The first-order chi connectivity index (χ1) is 7.02. The lowest BCUT2D eigenvalue weighted by molar-refractivity contribution is 0.155. The van der Waals surface area contributed by atoms with Gasteiger partial charge in [0.2, 0.25) is 0 Å². The Hall–Kier alpha value is -0.0400. The van der Waals surface area contributed by atoms with E-state index in [1.807, 2.05) is 0 Å². The summed E-state index contributed by atoms with van der Waals surface area (Å²) in [4.78, 5) is 4.31. The van der Waals surface area contributed by atoms with E-state index in [9.17, 15) is 0 Å². The molecule has 0 spiro atoms. The van der Waals surface area contributed by atoms with Crippen LogP contribution in [0.2, 0.25) is 0 Å². The molecule has 0 bridgehead atoms. The molecule has 0 rings (SSSR count). The van der Waals surface area contributed by atoms with Crippen molar-refractivity contribution < 1.29 is 4.74 Å². The minimum atomic E-state index is 0. The van der Waals surface area contributed by atoms with Crippen molar-refractivity contribution in [3.8, 4) is 0 Å². The molecule has 0 aliphatic rings. The first kappa shape index (κ1) is 18.3. The Bertz CT molecular complexity index is 196. The molecule has 5 heteroatoms. The maximum absolute atomic E-state index is 5.70. The largest absolute Gasteiger partial charge is 0.385 e. The maximum atomic E-state index is 5.70. The molecule has 0 fully saturated rings. The highest BCUT2D eigenvalue weighted by atomic mass is 127. The maximum Gasteiger partial charge on any atom is 0.188 e. The van der Waals surface area contributed by atoms with Crippen LogP contribution in [-0.4, -0.2) is 32.8 Å². The first-order valence-corrected chi connectivity index (χ1v) is 5.54. The van der Waals surface area contributed by atoms with Gasteiger partial charge in [0.05, 0.1) is 0 Å². The molecule has 0 saturated carbocycles. The van der Waals surface area contributed by atoms with Crippen LogP contribution in [0.3, 0.4) is 0 Å². The quantitative estimate of drug-likeness (QED) is 0.422. The van der Waals surface area contributed by atoms with Crippen LogP contribution < -0.4 is 11.1 Å². The summed E-state index contributed by atoms with van der Waals surface area (Å²) in [7, 11) is 1.72. The third kappa shape index (κ3) is 10.5. The first-order valence-electron chi connectivity index (χ1n) is 5.54. The number of nitrogens with one attached hydrogen (secondary N) is 1. The highest BCUT2D eigenvalue weighted by Gasteiger charge is 2.16. The monoisotopic (exact) mass is 343 g/mol. The van der Waals surface area contributed by atoms with Gasteiger partial charge >= 0.3 is 0 Å². The van der Waals surface area contributed by atoms with Gasteiger partial charge in [0.15, 0.2) is 5.96 Å². The highest BCUT2D eigenvalue weighted by molar-refractivity contribution is 14.0. The number of hydrogen-bond acceptors (Lipinski definition) is 2. The van der Waals surface area contributed by atoms with Gasteiger partial charge in [-0.3, -0.25) is 4.99 Å². The number of halogens is 1. The van der Waals surface area contributed by atoms with Crippen molar-refractivity contribution in [2.24, 2.45) is 16.1 Å². The number of hydrogen-bond donors (Lipinski definition) is 2. The Kier molecular flexibility index (Phi) is 11.6. The molecule has 4 nitrogen and oxygen atoms in total. The molecule has 0 atom stereocenters. The molecule has 0 aromatic rings. The van der Waals surface area contributed by atoms with Gasteiger partial charge in [-0.25, -0.2) is 0 Å². The Morgan fingerprint density at radius 2 is 2.06 bits per heavy atom. The normalized spacial score (nSPS) is 12.1. The van der Waals surface area contributed by atoms with Gasteiger partial charge in [-0.15, -0.1) is 24.0 Å². The SMILES string of the molecule is CCCNC(N)=NCC(C)(C)CCOC.I. The topological polar surface area (TPSA) is 59.6 Å². The molecule has 16 heavy (non-hydrogen) atoms. The standard InChI is InChI=1S/C11H25N3O.HI/c1-5-7-13-10(12)14-9-11(2,3)6-8-15-4;/h5-9H2,1-4H3,(H3,12,13,14);1H. The summed E-state index contributed by atoms with van der Waals surface area (Å²) in [5.41, 5.74) is 5.85. The summed E-state index contributed by atoms with van der Waals surface area (Å²) in [6.07, 6.45) is 2.05. The Morgan fingerprint density at radius 1 is 1.44 bits per heavy atom. The van der Waals surface area contributed by atoms with Crippen molar-refractivity contribution in [1.29, 1.82) is 0 Å². The third-order valence-electron chi connectivity index (χ3n) is 2.22. The van der Waals surface area contributed by atoms with Crippen LogP contribution >= 0.6 is 24.0 Å². The Balaban J connectivity index is 0. The number of rotatable bonds is 7. The zero-order valence-corrected chi connectivity index (χ0v) is 13.2. The van der Waals surface area contributed by atoms with E-state index >= 15 is 0 Å². The lowest BCUT2D eigenvalue weighted by atomic mass is 9.90. The fourth-order valence-electron chi connectivity index (χ4n) is 1.07. The summed E-state index contributed by atoms with van der Waals surface area (Å²) in [5, 5.41) is 3.06. The van der Waals surface area contributed by atoms with Crippen molar-refractivity contribution in [2.45, 2.75) is 33.6 Å². The average molecular weight is 343 g/mol. The van der Waals surface area contributed by atoms with E-state index in [-0.39, 0.29) is 29.4 Å². The summed E-state index contributed by atoms with van der Waals surface area (Å²) in [6, 6.07) is 0. The van der Waals surface area contributed by atoms with E-state index in [2.05, 4.69) is 31.1 Å². The Labute approximate surface area is 116 Å². The van der Waals surface area contributed by atoms with E-state index in [0.717, 1.165) is 32.5 Å². The van der Waals surface area contributed by atoms with Crippen molar-refractivity contribution in [3.63, 3.8) is 0 Å². The number of guanidine groups is 1. The molecule has 0 aliphatic carbocycles. The van der Waals surface area contributed by atoms with Gasteiger partial charge in [-0.05, 0) is 18.3 Å². The highest BCUT2D eigenvalue weighted by Crippen LogP contribution is 2.20. The summed E-state index contributed by atoms with van der Waals surface area (Å²) < 4.78 is 5.05. The van der Waals surface area contributed by atoms with Crippen LogP contribution in [-0.2, 0) is 4.74 Å². The van der Waals surface area contributed by atoms with Crippen molar-refractivity contribution >= 4 is 29.9 Å². The van der Waals surface area contributed by atoms with E-state index in [1.54, 1.807) is 7.11 Å². The van der Waals surface area contributed by atoms with Crippen LogP contribution in [0.5, 0.6) is 0 Å². The molecule has 0 amide bonds. The molecular formula is C11H26IN3O. The molecule has 0 saturated heterocycles. The molecular weight excluding hydrogens is 317 g/mol. The van der Waals surface area contributed by atoms with Gasteiger partial charge in [0.25, 0.3) is 0 Å². The molecule has 3 N–H and O–H groups in total. The van der Waals surface area contributed by atoms with Gasteiger partial charge in [-0.2, -0.15) is 0 Å². The van der Waals surface area contributed by atoms with Crippen LogP contribution in [0.1, 0.15) is 33.6 Å². The molecule has 0 radical (unpaired) electrons. The predicted octanol–water partition coefficient (Wildman–Crippen LogP) is 1.98. The van der Waals surface area contributed by atoms with E-state index in [0.29, 0.717) is 5.96 Å². The second kappa shape index (κ2) is 10.1. The van der Waals surface area contributed by atoms with Gasteiger partial charge in [0.1, 0.15) is 0 Å². The van der Waals surface area contributed by atoms with E-state index in [4.69, 9.17) is 10.5 Å². The molecule has 0 heterocycles. The van der Waals surface area contributed by atoms with E-state index in [1.165, 1.54) is 0 Å². The van der Waals surface area contributed by atoms with Gasteiger partial charge in [0, 0.05) is 26.8 Å². The molecule has 0 unspecified atom stereocenters. The third-order valence-corrected chi connectivity index (χ3v) is 2.22. The summed E-state index contributed by atoms with van der Waals surface area (Å²) in [6.45, 7) is 8.82. The number of aliphatic imine (C=N–C) groups is 1. The van der Waals surface area contributed by atoms with Crippen LogP contribution in [0.25, 0.3) is 0 Å². The molecule has 0 aromatic heterocycles. The van der Waals surface area contributed by atoms with Crippen molar-refractivity contribution in [2.75, 3.05) is 26.8 Å². The second-order valence-electron chi connectivity index (χ2n) is 4.54. The number of nitrogens with two attached hydrogens (primary N) is 1. The fourth-order valence-corrected chi connectivity index (χ4v) is 1.07. The number of nitrogens with zero attached hydrogens (tertiary/aromatic N) is 1. The van der Waals surface area contributed by atoms with Gasteiger partial charge in [-0.1, -0.05) is 20.8 Å². The summed E-state index contributed by atoms with van der Waals surface area (Å²) >= 11 is 0. The zero-order valence-electron chi connectivity index (χ0n) is 10.9. The molecule has 98 valence electrons. The lowest BCUT2D eigenvalue weighted by Gasteiger charge is -2.21. The van der Waals surface area contributed by atoms with Crippen LogP contribution in [0.15, 0.2) is 4.99 Å². The minimum Gasteiger partial charge on any atom is -0.385 e. The molecule has 0 aromatic carbocycles. The number of ether oxygens (including phenoxy) is 1. The van der Waals surface area contributed by atoms with Crippen LogP contribution in [0, 0.1) is 5.41 Å².